The summed E-state index contributed by atoms with van der Waals surface area (Å²) in [4.78, 5) is 7.42. The predicted octanol–water partition coefficient (Wildman–Crippen LogP) is 3.21. The first kappa shape index (κ1) is 18.6. The molecule has 1 heterocycles. The number of ether oxygens (including phenoxy) is 1. The number of hydrogen-bond acceptors (Lipinski definition) is 4. The maximum atomic E-state index is 13.3. The van der Waals surface area contributed by atoms with Crippen LogP contribution < -0.4 is 0 Å². The number of aromatic nitrogens is 2. The lowest BCUT2D eigenvalue weighted by atomic mass is 10.0. The minimum absolute atomic E-state index is 0.00352. The summed E-state index contributed by atoms with van der Waals surface area (Å²) >= 11 is 0. The number of halogens is 2. The third kappa shape index (κ3) is 6.46. The summed E-state index contributed by atoms with van der Waals surface area (Å²) in [5.41, 5.74) is 0.351. The van der Waals surface area contributed by atoms with Gasteiger partial charge in [-0.25, -0.2) is 18.7 Å². The van der Waals surface area contributed by atoms with E-state index in [-0.39, 0.29) is 5.56 Å². The minimum Gasteiger partial charge on any atom is -0.383 e. The van der Waals surface area contributed by atoms with Gasteiger partial charge in [0.15, 0.2) is 0 Å². The maximum Gasteiger partial charge on any atom is 0.132 e. The Morgan fingerprint density at radius 3 is 2.26 bits per heavy atom. The van der Waals surface area contributed by atoms with Gasteiger partial charge in [0.2, 0.25) is 0 Å². The van der Waals surface area contributed by atoms with E-state index in [1.165, 1.54) is 24.8 Å². The van der Waals surface area contributed by atoms with Crippen molar-refractivity contribution in [2.24, 2.45) is 0 Å². The van der Waals surface area contributed by atoms with Gasteiger partial charge in [-0.1, -0.05) is 18.2 Å². The molecule has 0 aliphatic carbocycles. The van der Waals surface area contributed by atoms with E-state index in [2.05, 4.69) is 23.1 Å². The molecule has 0 aliphatic rings. The molecule has 0 fully saturated rings. The Hall–Kier alpha value is -2.44. The number of rotatable bonds is 6. The van der Waals surface area contributed by atoms with Crippen molar-refractivity contribution in [3.05, 3.63) is 85.0 Å². The minimum atomic E-state index is -1.19. The zero-order chi connectivity index (χ0) is 17.1. The van der Waals surface area contributed by atoms with E-state index in [0.717, 1.165) is 12.1 Å². The summed E-state index contributed by atoms with van der Waals surface area (Å²) in [7, 11) is 0. The Labute approximate surface area is 133 Å². The number of nitrogens with zero attached hydrogens (tertiary/aromatic N) is 2. The quantitative estimate of drug-likeness (QED) is 0.656. The van der Waals surface area contributed by atoms with Crippen LogP contribution in [-0.4, -0.2) is 28.3 Å². The molecule has 6 heteroatoms. The van der Waals surface area contributed by atoms with E-state index in [4.69, 9.17) is 4.74 Å². The van der Waals surface area contributed by atoms with Crippen molar-refractivity contribution < 1.29 is 18.6 Å². The fourth-order valence-electron chi connectivity index (χ4n) is 1.59. The van der Waals surface area contributed by atoms with Crippen molar-refractivity contribution in [2.45, 2.75) is 6.10 Å². The summed E-state index contributed by atoms with van der Waals surface area (Å²) in [6.07, 6.45) is 6.28. The van der Waals surface area contributed by atoms with Crippen LogP contribution in [0.2, 0.25) is 0 Å². The van der Waals surface area contributed by atoms with Gasteiger partial charge in [-0.15, -0.1) is 13.2 Å². The first-order valence-corrected chi connectivity index (χ1v) is 6.77. The summed E-state index contributed by atoms with van der Waals surface area (Å²) < 4.78 is 30.9. The number of aliphatic hydroxyl groups excluding tert-OH is 1. The smallest absolute Gasteiger partial charge is 0.132 e. The Kier molecular flexibility index (Phi) is 8.34. The molecule has 0 radical (unpaired) electrons. The monoisotopic (exact) mass is 320 g/mol. The number of aliphatic hydroxyl groups is 1. The number of hydrogen-bond donors (Lipinski definition) is 1. The van der Waals surface area contributed by atoms with Crippen LogP contribution in [0.5, 0.6) is 0 Å². The van der Waals surface area contributed by atoms with Gasteiger partial charge >= 0.3 is 0 Å². The lowest BCUT2D eigenvalue weighted by molar-refractivity contribution is 0.194. The van der Waals surface area contributed by atoms with E-state index in [0.29, 0.717) is 18.8 Å². The number of benzene rings is 1. The van der Waals surface area contributed by atoms with Crippen LogP contribution in [0.15, 0.2) is 62.2 Å². The van der Waals surface area contributed by atoms with Crippen molar-refractivity contribution in [1.29, 1.82) is 0 Å². The average molecular weight is 320 g/mol. The highest BCUT2D eigenvalue weighted by atomic mass is 19.1. The SMILES string of the molecule is C=CCOCC=C.OC(c1cncnc1)c1ccc(F)cc1F. The highest BCUT2D eigenvalue weighted by molar-refractivity contribution is 5.28. The molecule has 1 aromatic heterocycles. The van der Waals surface area contributed by atoms with Gasteiger partial charge in [0.05, 0.1) is 13.2 Å². The van der Waals surface area contributed by atoms with Crippen LogP contribution >= 0.6 is 0 Å². The van der Waals surface area contributed by atoms with Crippen molar-refractivity contribution >= 4 is 0 Å². The van der Waals surface area contributed by atoms with Gasteiger partial charge in [-0.3, -0.25) is 0 Å². The molecule has 0 aliphatic heterocycles. The largest absolute Gasteiger partial charge is 0.383 e. The van der Waals surface area contributed by atoms with E-state index >= 15 is 0 Å². The highest BCUT2D eigenvalue weighted by Crippen LogP contribution is 2.23. The predicted molar refractivity (Wildman–Crippen MR) is 83.7 cm³/mol. The molecule has 23 heavy (non-hydrogen) atoms. The third-order valence-electron chi connectivity index (χ3n) is 2.62. The molecule has 4 nitrogen and oxygen atoms in total. The molecule has 0 saturated heterocycles. The van der Waals surface area contributed by atoms with Crippen molar-refractivity contribution in [2.75, 3.05) is 13.2 Å². The Bertz CT molecular complexity index is 613. The Morgan fingerprint density at radius 2 is 1.74 bits per heavy atom. The van der Waals surface area contributed by atoms with E-state index < -0.39 is 17.7 Å². The second-order valence-corrected chi connectivity index (χ2v) is 4.35. The molecule has 1 unspecified atom stereocenters. The Morgan fingerprint density at radius 1 is 1.13 bits per heavy atom. The van der Waals surface area contributed by atoms with Crippen LogP contribution in [0.1, 0.15) is 17.2 Å². The lowest BCUT2D eigenvalue weighted by Crippen LogP contribution is -2.03. The summed E-state index contributed by atoms with van der Waals surface area (Å²) in [5.74, 6) is -1.48. The molecule has 2 aromatic rings. The second-order valence-electron chi connectivity index (χ2n) is 4.35. The van der Waals surface area contributed by atoms with Crippen molar-refractivity contribution in [3.8, 4) is 0 Å². The zero-order valence-corrected chi connectivity index (χ0v) is 12.5. The second kappa shape index (κ2) is 10.3. The molecule has 0 bridgehead atoms. The normalized spacial score (nSPS) is 11.1. The Balaban J connectivity index is 0.000000322. The molecule has 0 spiro atoms. The molecular weight excluding hydrogens is 302 g/mol. The lowest BCUT2D eigenvalue weighted by Gasteiger charge is -2.11. The van der Waals surface area contributed by atoms with Gasteiger partial charge in [-0.05, 0) is 6.07 Å². The standard InChI is InChI=1S/C11H8F2N2O.C6H10O/c12-8-1-2-9(10(13)3-8)11(16)7-4-14-6-15-5-7;1-3-5-7-6-4-2/h1-6,11,16H;3-4H,1-2,5-6H2. The van der Waals surface area contributed by atoms with Gasteiger partial charge in [0.1, 0.15) is 24.1 Å². The molecule has 122 valence electrons. The fraction of sp³-hybridized carbons (Fsp3) is 0.176. The first-order valence-electron chi connectivity index (χ1n) is 6.77. The first-order chi connectivity index (χ1) is 11.1. The van der Waals surface area contributed by atoms with E-state index in [1.807, 2.05) is 0 Å². The summed E-state index contributed by atoms with van der Waals surface area (Å²) in [6, 6.07) is 3.01. The van der Waals surface area contributed by atoms with Crippen LogP contribution in [0.25, 0.3) is 0 Å². The summed E-state index contributed by atoms with van der Waals surface area (Å²) in [5, 5.41) is 9.82. The molecule has 0 saturated carbocycles. The van der Waals surface area contributed by atoms with Crippen molar-refractivity contribution in [3.63, 3.8) is 0 Å². The van der Waals surface area contributed by atoms with Gasteiger partial charge in [0, 0.05) is 29.6 Å². The van der Waals surface area contributed by atoms with Crippen LogP contribution in [0.4, 0.5) is 8.78 Å². The third-order valence-corrected chi connectivity index (χ3v) is 2.62. The zero-order valence-electron chi connectivity index (χ0n) is 12.5. The van der Waals surface area contributed by atoms with Crippen LogP contribution in [0.3, 0.4) is 0 Å². The summed E-state index contributed by atoms with van der Waals surface area (Å²) in [6.45, 7) is 8.18. The molecule has 1 N–H and O–H groups in total. The van der Waals surface area contributed by atoms with Gasteiger partial charge in [-0.2, -0.15) is 0 Å². The van der Waals surface area contributed by atoms with Crippen molar-refractivity contribution in [1.82, 2.24) is 9.97 Å². The van der Waals surface area contributed by atoms with Crippen LogP contribution in [0, 0.1) is 11.6 Å². The maximum absolute atomic E-state index is 13.3. The van der Waals surface area contributed by atoms with E-state index in [1.54, 1.807) is 12.2 Å². The molecule has 1 aromatic carbocycles. The average Bonchev–Trinajstić information content (AvgIpc) is 2.56. The molecule has 2 rings (SSSR count). The van der Waals surface area contributed by atoms with E-state index in [9.17, 15) is 13.9 Å². The van der Waals surface area contributed by atoms with Gasteiger partial charge < -0.3 is 9.84 Å². The highest BCUT2D eigenvalue weighted by Gasteiger charge is 2.15. The molecule has 1 atom stereocenters. The fourth-order valence-corrected chi connectivity index (χ4v) is 1.59. The molecular formula is C17H18F2N2O2. The molecule has 0 amide bonds. The topological polar surface area (TPSA) is 55.2 Å². The van der Waals surface area contributed by atoms with Crippen LogP contribution in [-0.2, 0) is 4.74 Å². The van der Waals surface area contributed by atoms with Gasteiger partial charge in [0.25, 0.3) is 0 Å².